The van der Waals surface area contributed by atoms with Gasteiger partial charge >= 0.3 is 0 Å². The molecule has 144 valence electrons. The SMILES string of the molecule is CCCCN(Cc1ccccc1)C(=O)c1ccc(OC2CCOCC2)nc1. The molecule has 0 unspecified atom stereocenters. The lowest BCUT2D eigenvalue weighted by Gasteiger charge is -2.24. The standard InChI is InChI=1S/C22H28N2O3/c1-2-3-13-24(17-18-7-5-4-6-8-18)22(25)19-9-10-21(23-16-19)27-20-11-14-26-15-12-20/h4-10,16,20H,2-3,11-15,17H2,1H3. The minimum Gasteiger partial charge on any atom is -0.474 e. The van der Waals surface area contributed by atoms with Crippen molar-refractivity contribution < 1.29 is 14.3 Å². The van der Waals surface area contributed by atoms with E-state index in [9.17, 15) is 4.79 Å². The summed E-state index contributed by atoms with van der Waals surface area (Å²) in [7, 11) is 0. The van der Waals surface area contributed by atoms with Gasteiger partial charge in [-0.2, -0.15) is 0 Å². The maximum absolute atomic E-state index is 13.0. The lowest BCUT2D eigenvalue weighted by atomic mass is 10.1. The summed E-state index contributed by atoms with van der Waals surface area (Å²) in [5.74, 6) is 0.582. The molecule has 0 radical (unpaired) electrons. The summed E-state index contributed by atoms with van der Waals surface area (Å²) in [6.07, 6.45) is 5.56. The molecule has 3 rings (SSSR count). The second kappa shape index (κ2) is 10.1. The molecular formula is C22H28N2O3. The molecule has 1 aliphatic rings. The fraction of sp³-hybridized carbons (Fsp3) is 0.455. The first-order valence-electron chi connectivity index (χ1n) is 9.80. The van der Waals surface area contributed by atoms with Crippen LogP contribution in [0.25, 0.3) is 0 Å². The molecule has 0 atom stereocenters. The van der Waals surface area contributed by atoms with Crippen molar-refractivity contribution in [2.45, 2.75) is 45.3 Å². The molecule has 2 aromatic rings. The van der Waals surface area contributed by atoms with Crippen molar-refractivity contribution in [2.24, 2.45) is 0 Å². The second-order valence-corrected chi connectivity index (χ2v) is 6.88. The number of hydrogen-bond donors (Lipinski definition) is 0. The van der Waals surface area contributed by atoms with E-state index >= 15 is 0 Å². The topological polar surface area (TPSA) is 51.7 Å². The first-order valence-corrected chi connectivity index (χ1v) is 9.80. The Morgan fingerprint density at radius 1 is 1.19 bits per heavy atom. The smallest absolute Gasteiger partial charge is 0.255 e. The summed E-state index contributed by atoms with van der Waals surface area (Å²) < 4.78 is 11.2. The molecule has 1 amide bonds. The van der Waals surface area contributed by atoms with E-state index in [-0.39, 0.29) is 12.0 Å². The van der Waals surface area contributed by atoms with E-state index in [4.69, 9.17) is 9.47 Å². The van der Waals surface area contributed by atoms with Gasteiger partial charge in [0.1, 0.15) is 6.10 Å². The van der Waals surface area contributed by atoms with E-state index in [1.54, 1.807) is 12.3 Å². The maximum Gasteiger partial charge on any atom is 0.255 e. The van der Waals surface area contributed by atoms with Gasteiger partial charge in [-0.1, -0.05) is 43.7 Å². The van der Waals surface area contributed by atoms with E-state index in [1.807, 2.05) is 29.2 Å². The summed E-state index contributed by atoms with van der Waals surface area (Å²) in [6.45, 7) is 4.94. The molecule has 0 saturated carbocycles. The Morgan fingerprint density at radius 3 is 2.63 bits per heavy atom. The van der Waals surface area contributed by atoms with Crippen LogP contribution in [0.5, 0.6) is 5.88 Å². The van der Waals surface area contributed by atoms with Gasteiger partial charge in [0.15, 0.2) is 0 Å². The van der Waals surface area contributed by atoms with Crippen molar-refractivity contribution in [3.05, 3.63) is 59.8 Å². The van der Waals surface area contributed by atoms with Crippen LogP contribution in [0.3, 0.4) is 0 Å². The molecule has 1 fully saturated rings. The van der Waals surface area contributed by atoms with Crippen LogP contribution in [0.1, 0.15) is 48.5 Å². The highest BCUT2D eigenvalue weighted by atomic mass is 16.5. The third-order valence-electron chi connectivity index (χ3n) is 4.72. The van der Waals surface area contributed by atoms with Gasteiger partial charge in [0.25, 0.3) is 5.91 Å². The van der Waals surface area contributed by atoms with Crippen LogP contribution in [0.2, 0.25) is 0 Å². The van der Waals surface area contributed by atoms with Crippen molar-refractivity contribution in [1.82, 2.24) is 9.88 Å². The number of nitrogens with zero attached hydrogens (tertiary/aromatic N) is 2. The monoisotopic (exact) mass is 368 g/mol. The Labute approximate surface area is 161 Å². The molecular weight excluding hydrogens is 340 g/mol. The normalized spacial score (nSPS) is 14.7. The zero-order valence-electron chi connectivity index (χ0n) is 16.0. The maximum atomic E-state index is 13.0. The average molecular weight is 368 g/mol. The van der Waals surface area contributed by atoms with E-state index < -0.39 is 0 Å². The number of unbranched alkanes of at least 4 members (excludes halogenated alkanes) is 1. The zero-order chi connectivity index (χ0) is 18.9. The van der Waals surface area contributed by atoms with Crippen LogP contribution in [0, 0.1) is 0 Å². The Bertz CT molecular complexity index is 697. The number of benzene rings is 1. The minimum atomic E-state index is 0.0115. The lowest BCUT2D eigenvalue weighted by Crippen LogP contribution is -2.31. The third kappa shape index (κ3) is 5.79. The molecule has 0 spiro atoms. The van der Waals surface area contributed by atoms with Gasteiger partial charge in [0.05, 0.1) is 18.8 Å². The molecule has 1 aromatic carbocycles. The number of carbonyl (C=O) groups is 1. The predicted molar refractivity (Wildman–Crippen MR) is 105 cm³/mol. The Hall–Kier alpha value is -2.40. The molecule has 5 heteroatoms. The van der Waals surface area contributed by atoms with E-state index in [0.29, 0.717) is 18.0 Å². The molecule has 27 heavy (non-hydrogen) atoms. The quantitative estimate of drug-likeness (QED) is 0.704. The molecule has 2 heterocycles. The van der Waals surface area contributed by atoms with Crippen LogP contribution >= 0.6 is 0 Å². The van der Waals surface area contributed by atoms with E-state index in [2.05, 4.69) is 24.0 Å². The van der Waals surface area contributed by atoms with Crippen molar-refractivity contribution in [3.8, 4) is 5.88 Å². The van der Waals surface area contributed by atoms with Crippen LogP contribution in [0.15, 0.2) is 48.7 Å². The highest BCUT2D eigenvalue weighted by Gasteiger charge is 2.18. The number of pyridine rings is 1. The minimum absolute atomic E-state index is 0.0115. The summed E-state index contributed by atoms with van der Waals surface area (Å²) >= 11 is 0. The molecule has 5 nitrogen and oxygen atoms in total. The summed E-state index contributed by atoms with van der Waals surface area (Å²) in [5, 5.41) is 0. The number of ether oxygens (including phenoxy) is 2. The molecule has 1 aliphatic heterocycles. The number of amides is 1. The number of hydrogen-bond acceptors (Lipinski definition) is 4. The van der Waals surface area contributed by atoms with Crippen LogP contribution in [-0.2, 0) is 11.3 Å². The highest BCUT2D eigenvalue weighted by Crippen LogP contribution is 2.17. The fourth-order valence-corrected chi connectivity index (χ4v) is 3.13. The van der Waals surface area contributed by atoms with Crippen molar-refractivity contribution in [2.75, 3.05) is 19.8 Å². The van der Waals surface area contributed by atoms with Gasteiger partial charge in [-0.15, -0.1) is 0 Å². The van der Waals surface area contributed by atoms with Gasteiger partial charge in [-0.3, -0.25) is 4.79 Å². The Balaban J connectivity index is 1.65. The van der Waals surface area contributed by atoms with Crippen LogP contribution in [-0.4, -0.2) is 41.7 Å². The molecule has 1 saturated heterocycles. The van der Waals surface area contributed by atoms with Crippen molar-refractivity contribution >= 4 is 5.91 Å². The Kier molecular flexibility index (Phi) is 7.22. The first-order chi connectivity index (χ1) is 13.3. The summed E-state index contributed by atoms with van der Waals surface area (Å²) in [5.41, 5.74) is 1.73. The fourth-order valence-electron chi connectivity index (χ4n) is 3.13. The zero-order valence-corrected chi connectivity index (χ0v) is 16.0. The van der Waals surface area contributed by atoms with Gasteiger partial charge in [0.2, 0.25) is 5.88 Å². The number of rotatable bonds is 8. The lowest BCUT2D eigenvalue weighted by molar-refractivity contribution is 0.0237. The van der Waals surface area contributed by atoms with Crippen LogP contribution in [0.4, 0.5) is 0 Å². The van der Waals surface area contributed by atoms with Crippen molar-refractivity contribution in [1.29, 1.82) is 0 Å². The predicted octanol–water partition coefficient (Wildman–Crippen LogP) is 4.08. The van der Waals surface area contributed by atoms with Crippen LogP contribution < -0.4 is 4.74 Å². The van der Waals surface area contributed by atoms with Gasteiger partial charge < -0.3 is 14.4 Å². The summed E-state index contributed by atoms with van der Waals surface area (Å²) in [6, 6.07) is 13.7. The van der Waals surface area contributed by atoms with Gasteiger partial charge in [-0.25, -0.2) is 4.98 Å². The highest BCUT2D eigenvalue weighted by molar-refractivity contribution is 5.93. The van der Waals surface area contributed by atoms with E-state index in [1.165, 1.54) is 0 Å². The van der Waals surface area contributed by atoms with Gasteiger partial charge in [0, 0.05) is 38.2 Å². The molecule has 0 aliphatic carbocycles. The summed E-state index contributed by atoms with van der Waals surface area (Å²) in [4.78, 5) is 19.2. The first kappa shape index (κ1) is 19.4. The van der Waals surface area contributed by atoms with Crippen molar-refractivity contribution in [3.63, 3.8) is 0 Å². The number of carbonyl (C=O) groups excluding carboxylic acids is 1. The molecule has 0 N–H and O–H groups in total. The molecule has 0 bridgehead atoms. The molecule has 1 aromatic heterocycles. The van der Waals surface area contributed by atoms with Gasteiger partial charge in [-0.05, 0) is 18.1 Å². The van der Waals surface area contributed by atoms with E-state index in [0.717, 1.165) is 51.0 Å². The average Bonchev–Trinajstić information content (AvgIpc) is 2.73. The largest absolute Gasteiger partial charge is 0.474 e. The second-order valence-electron chi connectivity index (χ2n) is 6.88. The third-order valence-corrected chi connectivity index (χ3v) is 4.72. The number of aromatic nitrogens is 1. The Morgan fingerprint density at radius 2 is 1.96 bits per heavy atom.